The first-order chi connectivity index (χ1) is 7.49. The van der Waals surface area contributed by atoms with Crippen molar-refractivity contribution in [3.63, 3.8) is 0 Å². The molecule has 0 aromatic heterocycles. The van der Waals surface area contributed by atoms with E-state index in [0.29, 0.717) is 5.69 Å². The van der Waals surface area contributed by atoms with Crippen LogP contribution in [0.2, 0.25) is 0 Å². The zero-order chi connectivity index (χ0) is 12.2. The molecule has 88 valence electrons. The van der Waals surface area contributed by atoms with E-state index in [2.05, 4.69) is 10.1 Å². The second-order valence-corrected chi connectivity index (χ2v) is 4.50. The van der Waals surface area contributed by atoms with Crippen LogP contribution in [0.5, 0.6) is 0 Å². The summed E-state index contributed by atoms with van der Waals surface area (Å²) in [5.74, 6) is 0. The lowest BCUT2D eigenvalue weighted by Crippen LogP contribution is -2.30. The predicted octanol–water partition coefficient (Wildman–Crippen LogP) is 1.37. The van der Waals surface area contributed by atoms with Gasteiger partial charge < -0.3 is 10.1 Å². The number of sulfonamides is 1. The molecule has 0 aliphatic carbocycles. The Balaban J connectivity index is 2.94. The molecule has 0 spiro atoms. The van der Waals surface area contributed by atoms with Gasteiger partial charge in [0.2, 0.25) is 0 Å². The van der Waals surface area contributed by atoms with E-state index in [1.54, 1.807) is 11.8 Å². The molecule has 0 aliphatic rings. The molecular formula is C9H11N2O4S-. The zero-order valence-electron chi connectivity index (χ0n) is 8.80. The molecule has 7 heteroatoms. The number of carbonyl (C=O) groups excluding carboxylic acids is 1. The maximum atomic E-state index is 11.6. The molecule has 0 saturated carbocycles. The molecular weight excluding hydrogens is 232 g/mol. The average molecular weight is 243 g/mol. The highest BCUT2D eigenvalue weighted by atomic mass is 32.2. The number of rotatable bonds is 3. The van der Waals surface area contributed by atoms with E-state index >= 15 is 0 Å². The maximum Gasteiger partial charge on any atom is 0.420 e. The van der Waals surface area contributed by atoms with Gasteiger partial charge >= 0.3 is 6.09 Å². The van der Waals surface area contributed by atoms with Crippen LogP contribution < -0.4 is 4.72 Å². The van der Waals surface area contributed by atoms with Gasteiger partial charge in [-0.3, -0.25) is 0 Å². The lowest BCUT2D eigenvalue weighted by atomic mass is 10.3. The Hall–Kier alpha value is -1.76. The Labute approximate surface area is 93.7 Å². The third-order valence-electron chi connectivity index (χ3n) is 1.81. The fraction of sp³-hybridized carbons (Fsp3) is 0.222. The van der Waals surface area contributed by atoms with Gasteiger partial charge in [0, 0.05) is 0 Å². The Morgan fingerprint density at radius 1 is 1.31 bits per heavy atom. The Morgan fingerprint density at radius 2 is 1.88 bits per heavy atom. The first kappa shape index (κ1) is 12.3. The molecule has 0 bridgehead atoms. The second-order valence-electron chi connectivity index (χ2n) is 2.81. The fourth-order valence-corrected chi connectivity index (χ4v) is 1.90. The second kappa shape index (κ2) is 4.84. The number of methoxy groups -OCH3 is 1. The molecule has 0 atom stereocenters. The summed E-state index contributed by atoms with van der Waals surface area (Å²) in [4.78, 5) is 10.8. The van der Waals surface area contributed by atoms with Crippen LogP contribution in [0.15, 0.2) is 29.2 Å². The van der Waals surface area contributed by atoms with Gasteiger partial charge in [0.25, 0.3) is 10.0 Å². The molecule has 0 heterocycles. The van der Waals surface area contributed by atoms with Crippen LogP contribution in [0.25, 0.3) is 5.32 Å². The van der Waals surface area contributed by atoms with Gasteiger partial charge in [-0.25, -0.2) is 17.9 Å². The molecule has 1 N–H and O–H groups in total. The Bertz CT molecular complexity index is 467. The molecule has 0 saturated heterocycles. The molecule has 1 aromatic rings. The SMILES string of the molecule is C[N-]c1ccc(S(=O)(=O)NC(=O)OC)cc1. The van der Waals surface area contributed by atoms with E-state index in [1.807, 2.05) is 0 Å². The van der Waals surface area contributed by atoms with Crippen molar-refractivity contribution in [1.82, 2.24) is 4.72 Å². The molecule has 1 amide bonds. The van der Waals surface area contributed by atoms with E-state index in [1.165, 1.54) is 24.3 Å². The molecule has 0 fully saturated rings. The van der Waals surface area contributed by atoms with Crippen LogP contribution in [0.3, 0.4) is 0 Å². The number of ether oxygens (including phenoxy) is 1. The maximum absolute atomic E-state index is 11.6. The van der Waals surface area contributed by atoms with E-state index < -0.39 is 16.1 Å². The van der Waals surface area contributed by atoms with E-state index in [0.717, 1.165) is 7.11 Å². The Morgan fingerprint density at radius 3 is 2.31 bits per heavy atom. The van der Waals surface area contributed by atoms with Gasteiger partial charge in [0.1, 0.15) is 0 Å². The predicted molar refractivity (Wildman–Crippen MR) is 58.1 cm³/mol. The number of benzene rings is 1. The third-order valence-corrected chi connectivity index (χ3v) is 3.14. The summed E-state index contributed by atoms with van der Waals surface area (Å²) in [7, 11) is -1.18. The monoisotopic (exact) mass is 243 g/mol. The van der Waals surface area contributed by atoms with Gasteiger partial charge in [-0.2, -0.15) is 0 Å². The summed E-state index contributed by atoms with van der Waals surface area (Å²) in [6.45, 7) is 0. The number of nitrogens with one attached hydrogen (secondary N) is 1. The number of amides is 1. The summed E-state index contributed by atoms with van der Waals surface area (Å²) < 4.78 is 29.1. The first-order valence-electron chi connectivity index (χ1n) is 4.30. The highest BCUT2D eigenvalue weighted by molar-refractivity contribution is 7.90. The van der Waals surface area contributed by atoms with Crippen molar-refractivity contribution in [1.29, 1.82) is 0 Å². The average Bonchev–Trinajstić information content (AvgIpc) is 2.28. The van der Waals surface area contributed by atoms with Crippen molar-refractivity contribution in [2.75, 3.05) is 14.2 Å². The highest BCUT2D eigenvalue weighted by Gasteiger charge is 2.16. The van der Waals surface area contributed by atoms with Crippen LogP contribution in [0.1, 0.15) is 0 Å². The van der Waals surface area contributed by atoms with Crippen LogP contribution >= 0.6 is 0 Å². The standard InChI is InChI=1S/C9H11N2O4S/c1-10-7-3-5-8(6-4-7)16(13,14)11-9(12)15-2/h3-6H,1-2H3,(H,11,12)/q-1. The molecule has 6 nitrogen and oxygen atoms in total. The summed E-state index contributed by atoms with van der Waals surface area (Å²) in [6.07, 6.45) is -1.02. The van der Waals surface area contributed by atoms with Crippen molar-refractivity contribution < 1.29 is 17.9 Å². The largest absolute Gasteiger partial charge is 0.687 e. The zero-order valence-corrected chi connectivity index (χ0v) is 9.61. The van der Waals surface area contributed by atoms with E-state index in [4.69, 9.17) is 0 Å². The molecule has 1 aromatic carbocycles. The topological polar surface area (TPSA) is 86.6 Å². The van der Waals surface area contributed by atoms with E-state index in [-0.39, 0.29) is 4.90 Å². The smallest absolute Gasteiger partial charge is 0.420 e. The molecule has 0 unspecified atom stereocenters. The molecule has 1 rings (SSSR count). The molecule has 0 radical (unpaired) electrons. The lowest BCUT2D eigenvalue weighted by molar-refractivity contribution is 0.177. The summed E-state index contributed by atoms with van der Waals surface area (Å²) in [6, 6.07) is 5.78. The minimum absolute atomic E-state index is 0.0229. The minimum Gasteiger partial charge on any atom is -0.687 e. The Kier molecular flexibility index (Phi) is 3.73. The van der Waals surface area contributed by atoms with Crippen LogP contribution in [-0.4, -0.2) is 28.7 Å². The van der Waals surface area contributed by atoms with Crippen LogP contribution in [-0.2, 0) is 14.8 Å². The number of hydrogen-bond acceptors (Lipinski definition) is 4. The van der Waals surface area contributed by atoms with Gasteiger partial charge in [-0.05, 0) is 12.1 Å². The minimum atomic E-state index is -3.86. The summed E-state index contributed by atoms with van der Waals surface area (Å²) >= 11 is 0. The van der Waals surface area contributed by atoms with E-state index in [9.17, 15) is 13.2 Å². The van der Waals surface area contributed by atoms with Crippen molar-refractivity contribution in [3.05, 3.63) is 29.6 Å². The van der Waals surface area contributed by atoms with Crippen molar-refractivity contribution in [2.24, 2.45) is 0 Å². The molecule has 0 aliphatic heterocycles. The van der Waals surface area contributed by atoms with Gasteiger partial charge in [0.15, 0.2) is 0 Å². The van der Waals surface area contributed by atoms with Crippen molar-refractivity contribution in [2.45, 2.75) is 4.90 Å². The summed E-state index contributed by atoms with van der Waals surface area (Å²) in [5.41, 5.74) is 0.650. The lowest BCUT2D eigenvalue weighted by Gasteiger charge is -2.13. The van der Waals surface area contributed by atoms with Gasteiger partial charge in [0.05, 0.1) is 12.0 Å². The number of hydrogen-bond donors (Lipinski definition) is 1. The number of nitrogens with zero attached hydrogens (tertiary/aromatic N) is 1. The number of carbonyl (C=O) groups is 1. The van der Waals surface area contributed by atoms with Gasteiger partial charge in [-0.1, -0.05) is 12.1 Å². The summed E-state index contributed by atoms with van der Waals surface area (Å²) in [5, 5.41) is 3.86. The van der Waals surface area contributed by atoms with Crippen molar-refractivity contribution in [3.8, 4) is 0 Å². The fourth-order valence-electron chi connectivity index (χ4n) is 0.985. The van der Waals surface area contributed by atoms with Crippen LogP contribution in [0.4, 0.5) is 10.5 Å². The molecule has 16 heavy (non-hydrogen) atoms. The first-order valence-corrected chi connectivity index (χ1v) is 5.78. The normalized spacial score (nSPS) is 10.6. The van der Waals surface area contributed by atoms with Gasteiger partial charge in [-0.15, -0.1) is 12.7 Å². The highest BCUT2D eigenvalue weighted by Crippen LogP contribution is 2.18. The quantitative estimate of drug-likeness (QED) is 0.868. The van der Waals surface area contributed by atoms with Crippen LogP contribution in [0, 0.1) is 0 Å². The third kappa shape index (κ3) is 2.86. The van der Waals surface area contributed by atoms with Crippen molar-refractivity contribution >= 4 is 21.8 Å².